The van der Waals surface area contributed by atoms with E-state index in [-0.39, 0.29) is 34.3 Å². The zero-order valence-electron chi connectivity index (χ0n) is 18.9. The van der Waals surface area contributed by atoms with E-state index in [1.807, 2.05) is 14.1 Å². The molecule has 1 aromatic carbocycles. The summed E-state index contributed by atoms with van der Waals surface area (Å²) in [6, 6.07) is 4.38. The number of benzene rings is 1. The number of nitro groups is 1. The third-order valence-electron chi connectivity index (χ3n) is 6.39. The first kappa shape index (κ1) is 23.2. The zero-order valence-corrected chi connectivity index (χ0v) is 19.7. The van der Waals surface area contributed by atoms with Crippen molar-refractivity contribution in [1.82, 2.24) is 15.3 Å². The Morgan fingerprint density at radius 2 is 1.82 bits per heavy atom. The number of nitrogens with one attached hydrogen (secondary N) is 2. The fourth-order valence-electron chi connectivity index (χ4n) is 4.64. The topological polar surface area (TPSA) is 113 Å². The number of carbonyl (C=O) groups excluding carboxylic acids is 1. The summed E-state index contributed by atoms with van der Waals surface area (Å²) >= 11 is 5.84. The number of nitrogens with zero attached hydrogens (tertiary/aromatic N) is 4. The van der Waals surface area contributed by atoms with Gasteiger partial charge in [-0.05, 0) is 63.5 Å². The van der Waals surface area contributed by atoms with E-state index >= 15 is 0 Å². The molecular formula is C23H29ClN6O3. The van der Waals surface area contributed by atoms with E-state index in [0.29, 0.717) is 5.95 Å². The molecule has 1 fully saturated rings. The number of rotatable bonds is 6. The van der Waals surface area contributed by atoms with Crippen LogP contribution in [0.2, 0.25) is 5.02 Å². The van der Waals surface area contributed by atoms with Crippen LogP contribution < -0.4 is 15.5 Å². The van der Waals surface area contributed by atoms with Gasteiger partial charge in [-0.2, -0.15) is 4.98 Å². The van der Waals surface area contributed by atoms with Gasteiger partial charge >= 0.3 is 0 Å². The molecule has 1 saturated carbocycles. The number of fused-ring (bicyclic) bond motifs is 1. The van der Waals surface area contributed by atoms with Crippen molar-refractivity contribution in [3.63, 3.8) is 0 Å². The van der Waals surface area contributed by atoms with Crippen molar-refractivity contribution in [2.75, 3.05) is 24.3 Å². The molecule has 2 aliphatic carbocycles. The van der Waals surface area contributed by atoms with Crippen LogP contribution in [0.1, 0.15) is 60.1 Å². The molecule has 1 amide bonds. The van der Waals surface area contributed by atoms with Crippen LogP contribution in [0.5, 0.6) is 0 Å². The Bertz CT molecular complexity index is 1050. The van der Waals surface area contributed by atoms with Crippen LogP contribution >= 0.6 is 11.6 Å². The molecule has 0 saturated heterocycles. The summed E-state index contributed by atoms with van der Waals surface area (Å²) in [6.45, 7) is 0. The lowest BCUT2D eigenvalue weighted by molar-refractivity contribution is -0.384. The Labute approximate surface area is 198 Å². The van der Waals surface area contributed by atoms with Crippen molar-refractivity contribution >= 4 is 35.0 Å². The lowest BCUT2D eigenvalue weighted by Gasteiger charge is -2.30. The Balaban J connectivity index is 1.35. The number of aryl methyl sites for hydroxylation is 1. The Hall–Kier alpha value is -2.94. The molecule has 0 unspecified atom stereocenters. The Morgan fingerprint density at radius 1 is 1.12 bits per heavy atom. The average Bonchev–Trinajstić information content (AvgIpc) is 2.79. The van der Waals surface area contributed by atoms with Gasteiger partial charge in [0.1, 0.15) is 10.8 Å². The number of anilines is 2. The maximum Gasteiger partial charge on any atom is 0.288 e. The Kier molecular flexibility index (Phi) is 6.97. The highest BCUT2D eigenvalue weighted by atomic mass is 35.5. The molecule has 176 valence electrons. The van der Waals surface area contributed by atoms with Crippen LogP contribution in [0.3, 0.4) is 0 Å². The number of halogens is 1. The predicted molar refractivity (Wildman–Crippen MR) is 128 cm³/mol. The first-order chi connectivity index (χ1) is 15.8. The lowest BCUT2D eigenvalue weighted by Crippen LogP contribution is -2.40. The third-order valence-corrected chi connectivity index (χ3v) is 6.71. The fraction of sp³-hybridized carbons (Fsp3) is 0.522. The minimum Gasteiger partial charge on any atom is -0.362 e. The highest BCUT2D eigenvalue weighted by molar-refractivity contribution is 6.32. The molecular weight excluding hydrogens is 444 g/mol. The SMILES string of the molecule is CN(C)c1nc(NC2CCC(NC(=O)c3ccc(Cl)c([N+](=O)[O-])c3)CC2)nc2c1CCCC2. The van der Waals surface area contributed by atoms with Crippen LogP contribution in [0.25, 0.3) is 0 Å². The highest BCUT2D eigenvalue weighted by Crippen LogP contribution is 2.30. The van der Waals surface area contributed by atoms with Gasteiger partial charge in [-0.15, -0.1) is 0 Å². The van der Waals surface area contributed by atoms with E-state index in [9.17, 15) is 14.9 Å². The van der Waals surface area contributed by atoms with Crippen LogP contribution in [0.4, 0.5) is 17.5 Å². The molecule has 0 bridgehead atoms. The first-order valence-electron chi connectivity index (χ1n) is 11.4. The second-order valence-electron chi connectivity index (χ2n) is 8.99. The second-order valence-corrected chi connectivity index (χ2v) is 9.39. The van der Waals surface area contributed by atoms with Crippen molar-refractivity contribution in [2.45, 2.75) is 63.5 Å². The fourth-order valence-corrected chi connectivity index (χ4v) is 4.82. The van der Waals surface area contributed by atoms with Crippen molar-refractivity contribution in [2.24, 2.45) is 0 Å². The molecule has 0 atom stereocenters. The smallest absolute Gasteiger partial charge is 0.288 e. The Morgan fingerprint density at radius 3 is 2.52 bits per heavy atom. The van der Waals surface area contributed by atoms with Crippen molar-refractivity contribution in [1.29, 1.82) is 0 Å². The van der Waals surface area contributed by atoms with E-state index < -0.39 is 4.92 Å². The van der Waals surface area contributed by atoms with Crippen molar-refractivity contribution < 1.29 is 9.72 Å². The lowest BCUT2D eigenvalue weighted by atomic mass is 9.91. The number of carbonyl (C=O) groups is 1. The molecule has 10 heteroatoms. The number of hydrogen-bond donors (Lipinski definition) is 2. The standard InChI is InChI=1S/C23H29ClN6O3/c1-29(2)21-17-5-3-4-6-19(17)27-23(28-21)26-16-10-8-15(9-11-16)25-22(31)14-7-12-18(24)20(13-14)30(32)33/h7,12-13,15-16H,3-6,8-11H2,1-2H3,(H,25,31)(H,26,27,28). The quantitative estimate of drug-likeness (QED) is 0.479. The molecule has 2 aliphatic rings. The van der Waals surface area contributed by atoms with E-state index in [1.54, 1.807) is 0 Å². The van der Waals surface area contributed by atoms with Gasteiger partial charge in [-0.25, -0.2) is 4.98 Å². The molecule has 1 heterocycles. The molecule has 0 spiro atoms. The van der Waals surface area contributed by atoms with Crippen LogP contribution in [0, 0.1) is 10.1 Å². The molecule has 1 aromatic heterocycles. The van der Waals surface area contributed by atoms with E-state index in [4.69, 9.17) is 21.6 Å². The number of nitro benzene ring substituents is 1. The summed E-state index contributed by atoms with van der Waals surface area (Å²) in [7, 11) is 4.04. The van der Waals surface area contributed by atoms with Gasteiger partial charge in [0.05, 0.1) is 10.6 Å². The van der Waals surface area contributed by atoms with Gasteiger partial charge < -0.3 is 15.5 Å². The summed E-state index contributed by atoms with van der Waals surface area (Å²) in [6.07, 6.45) is 7.75. The summed E-state index contributed by atoms with van der Waals surface area (Å²) in [5.41, 5.74) is 2.40. The predicted octanol–water partition coefficient (Wildman–Crippen LogP) is 4.14. The van der Waals surface area contributed by atoms with Gasteiger partial charge in [0.15, 0.2) is 0 Å². The minimum atomic E-state index is -0.583. The van der Waals surface area contributed by atoms with Crippen molar-refractivity contribution in [3.8, 4) is 0 Å². The summed E-state index contributed by atoms with van der Waals surface area (Å²) in [5, 5.41) is 17.6. The van der Waals surface area contributed by atoms with E-state index in [1.165, 1.54) is 30.2 Å². The molecule has 9 nitrogen and oxygen atoms in total. The number of aromatic nitrogens is 2. The van der Waals surface area contributed by atoms with E-state index in [2.05, 4.69) is 15.5 Å². The molecule has 4 rings (SSSR count). The molecule has 0 radical (unpaired) electrons. The summed E-state index contributed by atoms with van der Waals surface area (Å²) < 4.78 is 0. The largest absolute Gasteiger partial charge is 0.362 e. The monoisotopic (exact) mass is 472 g/mol. The molecule has 33 heavy (non-hydrogen) atoms. The van der Waals surface area contributed by atoms with Crippen LogP contribution in [-0.4, -0.2) is 47.0 Å². The minimum absolute atomic E-state index is 0.0185. The maximum atomic E-state index is 12.6. The van der Waals surface area contributed by atoms with Gasteiger partial charge in [-0.3, -0.25) is 14.9 Å². The van der Waals surface area contributed by atoms with Crippen molar-refractivity contribution in [3.05, 3.63) is 50.2 Å². The van der Waals surface area contributed by atoms with Crippen LogP contribution in [-0.2, 0) is 12.8 Å². The summed E-state index contributed by atoms with van der Waals surface area (Å²) in [5.74, 6) is 1.36. The van der Waals surface area contributed by atoms with Gasteiger partial charge in [0, 0.05) is 43.4 Å². The van der Waals surface area contributed by atoms with E-state index in [0.717, 1.165) is 56.5 Å². The molecule has 2 N–H and O–H groups in total. The maximum absolute atomic E-state index is 12.6. The van der Waals surface area contributed by atoms with Gasteiger partial charge in [0.2, 0.25) is 5.95 Å². The number of hydrogen-bond acceptors (Lipinski definition) is 7. The second kappa shape index (κ2) is 9.91. The average molecular weight is 473 g/mol. The number of amides is 1. The molecule has 0 aliphatic heterocycles. The third kappa shape index (κ3) is 5.35. The normalized spacial score (nSPS) is 20.0. The molecule has 2 aromatic rings. The van der Waals surface area contributed by atoms with Crippen LogP contribution in [0.15, 0.2) is 18.2 Å². The van der Waals surface area contributed by atoms with Gasteiger partial charge in [0.25, 0.3) is 11.6 Å². The first-order valence-corrected chi connectivity index (χ1v) is 11.8. The highest BCUT2D eigenvalue weighted by Gasteiger charge is 2.26. The zero-order chi connectivity index (χ0) is 23.5. The summed E-state index contributed by atoms with van der Waals surface area (Å²) in [4.78, 5) is 34.7. The van der Waals surface area contributed by atoms with Gasteiger partial charge in [-0.1, -0.05) is 11.6 Å².